The van der Waals surface area contributed by atoms with Crippen LogP contribution in [0.1, 0.15) is 18.0 Å². The number of hydrogen-bond donors (Lipinski definition) is 1. The predicted molar refractivity (Wildman–Crippen MR) is 97.6 cm³/mol. The number of urea groups is 1. The molecule has 0 spiro atoms. The number of likely N-dealkylation sites (N-methyl/N-ethyl adjacent to an activating group) is 1. The molecule has 1 N–H and O–H groups in total. The van der Waals surface area contributed by atoms with Gasteiger partial charge in [0.2, 0.25) is 0 Å². The highest BCUT2D eigenvalue weighted by molar-refractivity contribution is 7.99. The number of ether oxygens (including phenoxy) is 1. The first-order chi connectivity index (χ1) is 12.1. The average molecular weight is 360 g/mol. The summed E-state index contributed by atoms with van der Waals surface area (Å²) in [7, 11) is 1.73. The zero-order valence-electron chi connectivity index (χ0n) is 14.1. The van der Waals surface area contributed by atoms with Gasteiger partial charge in [-0.3, -0.25) is 0 Å². The number of para-hydroxylation sites is 1. The van der Waals surface area contributed by atoms with Crippen LogP contribution in [0, 0.1) is 5.82 Å². The van der Waals surface area contributed by atoms with Gasteiger partial charge in [0.1, 0.15) is 18.2 Å². The maximum atomic E-state index is 13.5. The predicted octanol–water partition coefficient (Wildman–Crippen LogP) is 4.08. The van der Waals surface area contributed by atoms with E-state index >= 15 is 0 Å². The van der Waals surface area contributed by atoms with Crippen LogP contribution >= 0.6 is 11.8 Å². The fourth-order valence-electron chi connectivity index (χ4n) is 2.69. The van der Waals surface area contributed by atoms with E-state index in [2.05, 4.69) is 5.32 Å². The second-order valence-electron chi connectivity index (χ2n) is 5.90. The van der Waals surface area contributed by atoms with Crippen LogP contribution in [0.2, 0.25) is 0 Å². The van der Waals surface area contributed by atoms with E-state index in [0.717, 1.165) is 28.4 Å². The molecule has 132 valence electrons. The molecule has 1 heterocycles. The number of hydrogen-bond acceptors (Lipinski definition) is 3. The Bertz CT molecular complexity index is 727. The molecule has 0 fully saturated rings. The van der Waals surface area contributed by atoms with Gasteiger partial charge in [-0.15, -0.1) is 11.8 Å². The minimum atomic E-state index is -0.273. The molecule has 2 amide bonds. The third-order valence-electron chi connectivity index (χ3n) is 4.09. The smallest absolute Gasteiger partial charge is 0.317 e. The molecular weight excluding hydrogens is 339 g/mol. The monoisotopic (exact) mass is 360 g/mol. The molecule has 0 bridgehead atoms. The zero-order valence-corrected chi connectivity index (χ0v) is 14.9. The molecule has 6 heteroatoms. The summed E-state index contributed by atoms with van der Waals surface area (Å²) in [6, 6.07) is 13.9. The van der Waals surface area contributed by atoms with Crippen molar-refractivity contribution >= 4 is 17.8 Å². The highest BCUT2D eigenvalue weighted by Crippen LogP contribution is 2.36. The van der Waals surface area contributed by atoms with Crippen molar-refractivity contribution in [3.63, 3.8) is 0 Å². The van der Waals surface area contributed by atoms with Gasteiger partial charge in [-0.05, 0) is 42.3 Å². The van der Waals surface area contributed by atoms with Gasteiger partial charge in [-0.1, -0.05) is 18.2 Å². The van der Waals surface area contributed by atoms with Gasteiger partial charge < -0.3 is 15.0 Å². The Morgan fingerprint density at radius 1 is 1.32 bits per heavy atom. The van der Waals surface area contributed by atoms with E-state index in [1.165, 1.54) is 12.1 Å². The Labute approximate surface area is 151 Å². The van der Waals surface area contributed by atoms with Gasteiger partial charge in [0.05, 0.1) is 12.6 Å². The maximum absolute atomic E-state index is 13.5. The minimum absolute atomic E-state index is 0.156. The van der Waals surface area contributed by atoms with E-state index in [9.17, 15) is 9.18 Å². The third kappa shape index (κ3) is 4.66. The van der Waals surface area contributed by atoms with E-state index < -0.39 is 0 Å². The SMILES string of the molecule is CN(CCOc1ccccc1)C(=O)NC1CCSc2ccc(F)cc21. The van der Waals surface area contributed by atoms with Crippen molar-refractivity contribution in [1.29, 1.82) is 0 Å². The lowest BCUT2D eigenvalue weighted by Gasteiger charge is -2.28. The lowest BCUT2D eigenvalue weighted by Crippen LogP contribution is -2.41. The summed E-state index contributed by atoms with van der Waals surface area (Å²) in [6.45, 7) is 0.887. The molecule has 0 radical (unpaired) electrons. The largest absolute Gasteiger partial charge is 0.492 e. The topological polar surface area (TPSA) is 41.6 Å². The first-order valence-electron chi connectivity index (χ1n) is 8.25. The van der Waals surface area contributed by atoms with Crippen LogP contribution in [0.5, 0.6) is 5.75 Å². The number of carbonyl (C=O) groups is 1. The Morgan fingerprint density at radius 2 is 2.12 bits per heavy atom. The number of rotatable bonds is 5. The summed E-state index contributed by atoms with van der Waals surface area (Å²) in [5.41, 5.74) is 0.860. The molecule has 1 atom stereocenters. The standard InChI is InChI=1S/C19H21FN2O2S/c1-22(10-11-24-15-5-3-2-4-6-15)19(23)21-17-9-12-25-18-8-7-14(20)13-16(17)18/h2-8,13,17H,9-12H2,1H3,(H,21,23). The number of amides is 2. The van der Waals surface area contributed by atoms with Gasteiger partial charge in [0, 0.05) is 17.7 Å². The third-order valence-corrected chi connectivity index (χ3v) is 5.22. The van der Waals surface area contributed by atoms with Gasteiger partial charge in [0.15, 0.2) is 0 Å². The molecule has 3 rings (SSSR count). The molecule has 0 saturated carbocycles. The Balaban J connectivity index is 1.53. The van der Waals surface area contributed by atoms with Crippen molar-refractivity contribution < 1.29 is 13.9 Å². The van der Waals surface area contributed by atoms with E-state index in [1.807, 2.05) is 30.3 Å². The summed E-state index contributed by atoms with van der Waals surface area (Å²) in [6.07, 6.45) is 0.793. The Morgan fingerprint density at radius 3 is 2.92 bits per heavy atom. The fraction of sp³-hybridized carbons (Fsp3) is 0.316. The number of fused-ring (bicyclic) bond motifs is 1. The number of thioether (sulfide) groups is 1. The van der Waals surface area contributed by atoms with E-state index in [-0.39, 0.29) is 17.9 Å². The van der Waals surface area contributed by atoms with Crippen LogP contribution in [0.3, 0.4) is 0 Å². The van der Waals surface area contributed by atoms with Crippen molar-refractivity contribution in [3.8, 4) is 5.75 Å². The number of nitrogens with zero attached hydrogens (tertiary/aromatic N) is 1. The first-order valence-corrected chi connectivity index (χ1v) is 9.24. The van der Waals surface area contributed by atoms with Gasteiger partial charge >= 0.3 is 6.03 Å². The average Bonchev–Trinajstić information content (AvgIpc) is 2.63. The summed E-state index contributed by atoms with van der Waals surface area (Å²) < 4.78 is 19.2. The highest BCUT2D eigenvalue weighted by Gasteiger charge is 2.24. The molecule has 1 aliphatic rings. The Hall–Kier alpha value is -2.21. The molecule has 25 heavy (non-hydrogen) atoms. The molecule has 0 aliphatic carbocycles. The number of halogens is 1. The lowest BCUT2D eigenvalue weighted by atomic mass is 10.0. The van der Waals surface area contributed by atoms with Crippen LogP contribution in [0.25, 0.3) is 0 Å². The highest BCUT2D eigenvalue weighted by atomic mass is 32.2. The van der Waals surface area contributed by atoms with E-state index in [0.29, 0.717) is 13.2 Å². The quantitative estimate of drug-likeness (QED) is 0.873. The molecule has 4 nitrogen and oxygen atoms in total. The van der Waals surface area contributed by atoms with Gasteiger partial charge in [-0.25, -0.2) is 9.18 Å². The van der Waals surface area contributed by atoms with Gasteiger partial charge in [-0.2, -0.15) is 0 Å². The summed E-state index contributed by atoms with van der Waals surface area (Å²) in [5.74, 6) is 1.42. The normalized spacial score (nSPS) is 16.0. The van der Waals surface area contributed by atoms with Crippen LogP contribution in [-0.4, -0.2) is 36.9 Å². The van der Waals surface area contributed by atoms with E-state index in [1.54, 1.807) is 29.8 Å². The molecule has 1 aliphatic heterocycles. The second-order valence-corrected chi connectivity index (χ2v) is 7.04. The van der Waals surface area contributed by atoms with Crippen molar-refractivity contribution in [1.82, 2.24) is 10.2 Å². The van der Waals surface area contributed by atoms with Crippen LogP contribution < -0.4 is 10.1 Å². The molecule has 2 aromatic carbocycles. The second kappa shape index (κ2) is 8.25. The number of nitrogens with one attached hydrogen (secondary N) is 1. The number of benzene rings is 2. The molecule has 0 aromatic heterocycles. The van der Waals surface area contributed by atoms with Crippen LogP contribution in [0.15, 0.2) is 53.4 Å². The molecule has 2 aromatic rings. The summed E-state index contributed by atoms with van der Waals surface area (Å²) in [4.78, 5) is 15.0. The molecule has 0 saturated heterocycles. The fourth-order valence-corrected chi connectivity index (χ4v) is 3.80. The summed E-state index contributed by atoms with van der Waals surface area (Å²) >= 11 is 1.70. The number of carbonyl (C=O) groups excluding carboxylic acids is 1. The van der Waals surface area contributed by atoms with Crippen LogP contribution in [0.4, 0.5) is 9.18 Å². The molecule has 1 unspecified atom stereocenters. The molecular formula is C19H21FN2O2S. The van der Waals surface area contributed by atoms with Crippen LogP contribution in [-0.2, 0) is 0 Å². The van der Waals surface area contributed by atoms with Gasteiger partial charge in [0.25, 0.3) is 0 Å². The lowest BCUT2D eigenvalue weighted by molar-refractivity contribution is 0.191. The summed E-state index contributed by atoms with van der Waals surface area (Å²) in [5, 5.41) is 3.00. The maximum Gasteiger partial charge on any atom is 0.317 e. The minimum Gasteiger partial charge on any atom is -0.492 e. The first kappa shape index (κ1) is 17.6. The van der Waals surface area contributed by atoms with E-state index in [4.69, 9.17) is 4.74 Å². The zero-order chi connectivity index (χ0) is 17.6. The Kier molecular flexibility index (Phi) is 5.81. The van der Waals surface area contributed by atoms with Crippen molar-refractivity contribution in [2.24, 2.45) is 0 Å². The van der Waals surface area contributed by atoms with Crippen molar-refractivity contribution in [3.05, 3.63) is 59.9 Å². The van der Waals surface area contributed by atoms with Crippen molar-refractivity contribution in [2.45, 2.75) is 17.4 Å². The van der Waals surface area contributed by atoms with Crippen molar-refractivity contribution in [2.75, 3.05) is 26.0 Å².